The molecule has 0 aliphatic heterocycles. The standard InChI is InChI=1S/C20H19BrS/c1-11-8-17-16(15(11)9-14-6-4-5-7-14)10-18-19(20(17)21)12(2)13(3)22-18/h4-6,10H,7-9H2,1-3H3. The number of fused-ring (bicyclic) bond motifs is 2. The molecule has 0 unspecified atom stereocenters. The zero-order valence-corrected chi connectivity index (χ0v) is 15.6. The molecule has 0 nitrogen and oxygen atoms in total. The molecule has 2 aliphatic carbocycles. The third-order valence-electron chi connectivity index (χ3n) is 5.03. The molecule has 0 saturated heterocycles. The topological polar surface area (TPSA) is 0 Å². The van der Waals surface area contributed by atoms with Crippen molar-refractivity contribution in [2.45, 2.75) is 40.0 Å². The number of benzene rings is 1. The van der Waals surface area contributed by atoms with Gasteiger partial charge in [-0.05, 0) is 84.3 Å². The predicted molar refractivity (Wildman–Crippen MR) is 102 cm³/mol. The Morgan fingerprint density at radius 1 is 1.23 bits per heavy atom. The van der Waals surface area contributed by atoms with Crippen LogP contribution in [0.2, 0.25) is 0 Å². The molecule has 0 amide bonds. The van der Waals surface area contributed by atoms with Gasteiger partial charge in [-0.25, -0.2) is 0 Å². The summed E-state index contributed by atoms with van der Waals surface area (Å²) in [6.07, 6.45) is 10.0. The summed E-state index contributed by atoms with van der Waals surface area (Å²) < 4.78 is 2.75. The van der Waals surface area contributed by atoms with Crippen LogP contribution in [0.25, 0.3) is 15.7 Å². The fourth-order valence-corrected chi connectivity index (χ4v) is 5.77. The SMILES string of the molecule is CC1=C(CC2=CC=CC2)c2cc3sc(C)c(C)c3c(Br)c2C1. The molecular formula is C20H19BrS. The molecule has 22 heavy (non-hydrogen) atoms. The molecule has 1 aromatic carbocycles. The summed E-state index contributed by atoms with van der Waals surface area (Å²) >= 11 is 5.84. The number of hydrogen-bond donors (Lipinski definition) is 0. The Morgan fingerprint density at radius 3 is 2.77 bits per heavy atom. The van der Waals surface area contributed by atoms with E-state index in [1.54, 1.807) is 5.57 Å². The molecule has 0 bridgehead atoms. The highest BCUT2D eigenvalue weighted by atomic mass is 79.9. The average Bonchev–Trinajstić information content (AvgIpc) is 3.15. The highest BCUT2D eigenvalue weighted by molar-refractivity contribution is 9.10. The van der Waals surface area contributed by atoms with E-state index in [1.165, 1.54) is 47.3 Å². The van der Waals surface area contributed by atoms with Crippen molar-refractivity contribution in [3.63, 3.8) is 0 Å². The molecule has 0 radical (unpaired) electrons. The molecule has 0 atom stereocenters. The quantitative estimate of drug-likeness (QED) is 0.539. The van der Waals surface area contributed by atoms with Gasteiger partial charge in [0.15, 0.2) is 0 Å². The van der Waals surface area contributed by atoms with Crippen molar-refractivity contribution in [2.75, 3.05) is 0 Å². The van der Waals surface area contributed by atoms with Gasteiger partial charge in [0.25, 0.3) is 0 Å². The van der Waals surface area contributed by atoms with E-state index in [0.29, 0.717) is 0 Å². The zero-order valence-electron chi connectivity index (χ0n) is 13.2. The van der Waals surface area contributed by atoms with Gasteiger partial charge in [-0.1, -0.05) is 29.4 Å². The van der Waals surface area contributed by atoms with Gasteiger partial charge in [-0.15, -0.1) is 11.3 Å². The molecule has 1 heterocycles. The zero-order chi connectivity index (χ0) is 15.4. The van der Waals surface area contributed by atoms with Crippen LogP contribution in [-0.2, 0) is 6.42 Å². The van der Waals surface area contributed by atoms with Crippen molar-refractivity contribution >= 4 is 42.9 Å². The van der Waals surface area contributed by atoms with Crippen LogP contribution in [0, 0.1) is 13.8 Å². The highest BCUT2D eigenvalue weighted by Crippen LogP contribution is 2.46. The summed E-state index contributed by atoms with van der Waals surface area (Å²) in [7, 11) is 0. The van der Waals surface area contributed by atoms with Gasteiger partial charge in [0.05, 0.1) is 0 Å². The van der Waals surface area contributed by atoms with E-state index in [-0.39, 0.29) is 0 Å². The summed E-state index contributed by atoms with van der Waals surface area (Å²) in [6.45, 7) is 6.78. The third-order valence-corrected chi connectivity index (χ3v) is 7.06. The summed E-state index contributed by atoms with van der Waals surface area (Å²) in [5, 5.41) is 1.43. The maximum absolute atomic E-state index is 3.92. The van der Waals surface area contributed by atoms with Crippen molar-refractivity contribution in [1.82, 2.24) is 0 Å². The largest absolute Gasteiger partial charge is 0.140 e. The lowest BCUT2D eigenvalue weighted by molar-refractivity contribution is 1.13. The molecule has 0 saturated carbocycles. The van der Waals surface area contributed by atoms with E-state index in [9.17, 15) is 0 Å². The number of thiophene rings is 1. The first kappa shape index (κ1) is 14.5. The van der Waals surface area contributed by atoms with E-state index < -0.39 is 0 Å². The predicted octanol–water partition coefficient (Wildman–Crippen LogP) is 6.89. The van der Waals surface area contributed by atoms with E-state index in [0.717, 1.165) is 19.3 Å². The van der Waals surface area contributed by atoms with Gasteiger partial charge >= 0.3 is 0 Å². The molecule has 4 rings (SSSR count). The number of aryl methyl sites for hydroxylation is 2. The fraction of sp³-hybridized carbons (Fsp3) is 0.300. The van der Waals surface area contributed by atoms with Gasteiger partial charge in [-0.2, -0.15) is 0 Å². The number of allylic oxidation sites excluding steroid dienone is 6. The Morgan fingerprint density at radius 2 is 2.05 bits per heavy atom. The normalized spacial score (nSPS) is 16.8. The third kappa shape index (κ3) is 2.08. The second-order valence-electron chi connectivity index (χ2n) is 6.44. The van der Waals surface area contributed by atoms with Crippen molar-refractivity contribution in [1.29, 1.82) is 0 Å². The molecule has 112 valence electrons. The van der Waals surface area contributed by atoms with Crippen LogP contribution in [-0.4, -0.2) is 0 Å². The lowest BCUT2D eigenvalue weighted by Crippen LogP contribution is -1.89. The Balaban J connectivity index is 1.86. The molecule has 2 heteroatoms. The van der Waals surface area contributed by atoms with E-state index in [4.69, 9.17) is 0 Å². The summed E-state index contributed by atoms with van der Waals surface area (Å²) in [4.78, 5) is 1.43. The minimum atomic E-state index is 1.09. The van der Waals surface area contributed by atoms with Gasteiger partial charge in [0.2, 0.25) is 0 Å². The molecule has 2 aromatic rings. The highest BCUT2D eigenvalue weighted by Gasteiger charge is 2.25. The molecule has 2 aliphatic rings. The second kappa shape index (κ2) is 5.21. The smallest absolute Gasteiger partial charge is 0.0365 e. The Kier molecular flexibility index (Phi) is 3.43. The Bertz CT molecular complexity index is 890. The summed E-state index contributed by atoms with van der Waals surface area (Å²) in [5.74, 6) is 0. The molecule has 1 aromatic heterocycles. The first-order chi connectivity index (χ1) is 10.6. The Labute approximate surface area is 144 Å². The van der Waals surface area contributed by atoms with Gasteiger partial charge in [0, 0.05) is 19.4 Å². The molecular weight excluding hydrogens is 352 g/mol. The Hall–Kier alpha value is -1.12. The first-order valence-corrected chi connectivity index (χ1v) is 9.42. The molecule has 0 fully saturated rings. The van der Waals surface area contributed by atoms with Crippen LogP contribution in [0.1, 0.15) is 41.3 Å². The van der Waals surface area contributed by atoms with E-state index in [1.807, 2.05) is 11.3 Å². The van der Waals surface area contributed by atoms with Crippen molar-refractivity contribution in [3.05, 3.63) is 61.5 Å². The second-order valence-corrected chi connectivity index (χ2v) is 8.49. The van der Waals surface area contributed by atoms with Crippen LogP contribution >= 0.6 is 27.3 Å². The van der Waals surface area contributed by atoms with Gasteiger partial charge < -0.3 is 0 Å². The average molecular weight is 371 g/mol. The van der Waals surface area contributed by atoms with Crippen molar-refractivity contribution in [2.24, 2.45) is 0 Å². The number of halogens is 1. The van der Waals surface area contributed by atoms with E-state index in [2.05, 4.69) is 61.0 Å². The van der Waals surface area contributed by atoms with Crippen molar-refractivity contribution in [3.8, 4) is 0 Å². The van der Waals surface area contributed by atoms with E-state index >= 15 is 0 Å². The molecule has 0 spiro atoms. The van der Waals surface area contributed by atoms with Crippen LogP contribution in [0.4, 0.5) is 0 Å². The number of hydrogen-bond acceptors (Lipinski definition) is 1. The van der Waals surface area contributed by atoms with Gasteiger partial charge in [-0.3, -0.25) is 0 Å². The summed E-state index contributed by atoms with van der Waals surface area (Å²) in [6, 6.07) is 2.44. The minimum Gasteiger partial charge on any atom is -0.140 e. The van der Waals surface area contributed by atoms with Crippen LogP contribution in [0.3, 0.4) is 0 Å². The maximum Gasteiger partial charge on any atom is 0.0365 e. The lowest BCUT2D eigenvalue weighted by atomic mass is 9.96. The minimum absolute atomic E-state index is 1.09. The fourth-order valence-electron chi connectivity index (χ4n) is 3.65. The lowest BCUT2D eigenvalue weighted by Gasteiger charge is -2.10. The maximum atomic E-state index is 3.92. The number of rotatable bonds is 2. The first-order valence-electron chi connectivity index (χ1n) is 7.81. The van der Waals surface area contributed by atoms with Crippen LogP contribution in [0.5, 0.6) is 0 Å². The summed E-state index contributed by atoms with van der Waals surface area (Å²) in [5.41, 5.74) is 9.03. The van der Waals surface area contributed by atoms with Gasteiger partial charge in [0.1, 0.15) is 0 Å². The monoisotopic (exact) mass is 370 g/mol. The molecule has 0 N–H and O–H groups in total. The van der Waals surface area contributed by atoms with Crippen LogP contribution < -0.4 is 0 Å². The van der Waals surface area contributed by atoms with Crippen LogP contribution in [0.15, 0.2) is 39.9 Å². The van der Waals surface area contributed by atoms with Crippen molar-refractivity contribution < 1.29 is 0 Å².